The molecule has 1 fully saturated rings. The van der Waals surface area contributed by atoms with E-state index in [1.165, 1.54) is 0 Å². The molecule has 22 heavy (non-hydrogen) atoms. The highest BCUT2D eigenvalue weighted by Crippen LogP contribution is 2.32. The molecule has 1 heterocycles. The summed E-state index contributed by atoms with van der Waals surface area (Å²) < 4.78 is 10.2. The summed E-state index contributed by atoms with van der Waals surface area (Å²) in [4.78, 5) is 30.1. The van der Waals surface area contributed by atoms with Gasteiger partial charge in [-0.25, -0.2) is 9.59 Å². The number of likely N-dealkylation sites (tertiary alicyclic amines) is 1. The van der Waals surface area contributed by atoms with Crippen LogP contribution in [0.15, 0.2) is 28.9 Å². The third kappa shape index (κ3) is 3.82. The van der Waals surface area contributed by atoms with E-state index in [9.17, 15) is 9.59 Å². The van der Waals surface area contributed by atoms with Crippen LogP contribution in [-0.2, 0) is 19.1 Å². The topological polar surface area (TPSA) is 68.2 Å². The monoisotopic (exact) mass is 308 g/mol. The lowest BCUT2D eigenvalue weighted by atomic mass is 9.84. The molecular weight excluding hydrogens is 284 g/mol. The van der Waals surface area contributed by atoms with Crippen molar-refractivity contribution in [1.82, 2.24) is 4.90 Å². The first kappa shape index (κ1) is 18.1. The number of carbonyl (C=O) groups is 2. The third-order valence-corrected chi connectivity index (χ3v) is 3.65. The minimum Gasteiger partial charge on any atom is -0.464 e. The average Bonchev–Trinajstić information content (AvgIpc) is 2.48. The van der Waals surface area contributed by atoms with Crippen molar-refractivity contribution in [3.63, 3.8) is 0 Å². The van der Waals surface area contributed by atoms with Crippen molar-refractivity contribution in [2.24, 2.45) is 4.99 Å². The molecule has 0 spiro atoms. The lowest BCUT2D eigenvalue weighted by Crippen LogP contribution is -2.62. The van der Waals surface area contributed by atoms with Crippen LogP contribution in [0.2, 0.25) is 0 Å². The summed E-state index contributed by atoms with van der Waals surface area (Å²) in [7, 11) is 1.73. The van der Waals surface area contributed by atoms with E-state index in [1.807, 2.05) is 6.08 Å². The van der Waals surface area contributed by atoms with Crippen LogP contribution in [0.5, 0.6) is 0 Å². The van der Waals surface area contributed by atoms with Gasteiger partial charge in [-0.1, -0.05) is 11.6 Å². The molecule has 6 heteroatoms. The molecule has 1 aliphatic heterocycles. The Kier molecular flexibility index (Phi) is 6.98. The Bertz CT molecular complexity index is 465. The molecule has 1 saturated heterocycles. The summed E-state index contributed by atoms with van der Waals surface area (Å²) in [6.07, 6.45) is 6.25. The Balaban J connectivity index is 3.02. The second-order valence-electron chi connectivity index (χ2n) is 5.01. The molecule has 0 saturated carbocycles. The fourth-order valence-corrected chi connectivity index (χ4v) is 2.53. The largest absolute Gasteiger partial charge is 0.464 e. The number of hydrogen-bond donors (Lipinski definition) is 0. The number of rotatable bonds is 6. The molecular formula is C16H24N2O4. The van der Waals surface area contributed by atoms with Gasteiger partial charge in [0.15, 0.2) is 0 Å². The van der Waals surface area contributed by atoms with Gasteiger partial charge < -0.3 is 9.47 Å². The first-order chi connectivity index (χ1) is 10.5. The van der Waals surface area contributed by atoms with Crippen LogP contribution in [-0.4, -0.2) is 55.9 Å². The highest BCUT2D eigenvalue weighted by molar-refractivity contribution is 6.05. The van der Waals surface area contributed by atoms with E-state index in [0.717, 1.165) is 5.57 Å². The van der Waals surface area contributed by atoms with Crippen LogP contribution in [0.4, 0.5) is 0 Å². The predicted molar refractivity (Wildman–Crippen MR) is 84.6 cm³/mol. The number of aliphatic imine (C=N–C) groups is 1. The molecule has 0 aromatic carbocycles. The molecule has 0 amide bonds. The van der Waals surface area contributed by atoms with Gasteiger partial charge in [0, 0.05) is 12.7 Å². The molecule has 0 N–H and O–H groups in total. The van der Waals surface area contributed by atoms with Crippen LogP contribution in [0, 0.1) is 0 Å². The van der Waals surface area contributed by atoms with Gasteiger partial charge in [0.05, 0.1) is 13.2 Å². The first-order valence-corrected chi connectivity index (χ1v) is 7.39. The zero-order valence-electron chi connectivity index (χ0n) is 13.5. The van der Waals surface area contributed by atoms with Crippen molar-refractivity contribution in [2.45, 2.75) is 32.2 Å². The van der Waals surface area contributed by atoms with Crippen molar-refractivity contribution in [2.75, 3.05) is 26.8 Å². The molecule has 0 unspecified atom stereocenters. The molecule has 6 nitrogen and oxygen atoms in total. The second-order valence-corrected chi connectivity index (χ2v) is 5.01. The first-order valence-electron chi connectivity index (χ1n) is 7.39. The molecule has 0 atom stereocenters. The van der Waals surface area contributed by atoms with Crippen LogP contribution < -0.4 is 0 Å². The summed E-state index contributed by atoms with van der Waals surface area (Å²) in [5.74, 6) is -1.09. The maximum absolute atomic E-state index is 12.4. The van der Waals surface area contributed by atoms with Gasteiger partial charge in [0.25, 0.3) is 0 Å². The van der Waals surface area contributed by atoms with Gasteiger partial charge in [-0.3, -0.25) is 9.89 Å². The van der Waals surface area contributed by atoms with E-state index in [-0.39, 0.29) is 13.2 Å². The van der Waals surface area contributed by atoms with Gasteiger partial charge in [0.2, 0.25) is 5.54 Å². The van der Waals surface area contributed by atoms with Crippen molar-refractivity contribution in [3.05, 3.63) is 23.9 Å². The van der Waals surface area contributed by atoms with Crippen LogP contribution in [0.1, 0.15) is 26.7 Å². The number of allylic oxidation sites excluding steroid dienone is 2. The van der Waals surface area contributed by atoms with Gasteiger partial charge in [-0.15, -0.1) is 0 Å². The summed E-state index contributed by atoms with van der Waals surface area (Å²) in [6, 6.07) is 0. The van der Waals surface area contributed by atoms with Gasteiger partial charge in [-0.05, 0) is 46.5 Å². The van der Waals surface area contributed by atoms with Crippen molar-refractivity contribution >= 4 is 18.7 Å². The lowest BCUT2D eigenvalue weighted by molar-refractivity contribution is -0.175. The Hall–Kier alpha value is -1.95. The molecule has 0 aromatic rings. The van der Waals surface area contributed by atoms with E-state index in [1.54, 1.807) is 38.1 Å². The number of nitrogens with zero attached hydrogens (tertiary/aromatic N) is 2. The Morgan fingerprint density at radius 2 is 1.91 bits per heavy atom. The van der Waals surface area contributed by atoms with E-state index in [2.05, 4.69) is 11.7 Å². The SMILES string of the molecule is C=N/C=C\C=C1/CCC(C(=O)OCC)(C(=O)OCC)N(C)C1. The summed E-state index contributed by atoms with van der Waals surface area (Å²) in [6.45, 7) is 7.75. The lowest BCUT2D eigenvalue weighted by Gasteiger charge is -2.41. The zero-order chi connectivity index (χ0) is 16.6. The normalized spacial score (nSPS) is 20.0. The van der Waals surface area contributed by atoms with E-state index >= 15 is 0 Å². The fourth-order valence-electron chi connectivity index (χ4n) is 2.53. The number of ether oxygens (including phenoxy) is 2. The summed E-state index contributed by atoms with van der Waals surface area (Å²) in [5.41, 5.74) is -0.254. The van der Waals surface area contributed by atoms with E-state index in [4.69, 9.17) is 9.47 Å². The minimum absolute atomic E-state index is 0.226. The smallest absolute Gasteiger partial charge is 0.338 e. The van der Waals surface area contributed by atoms with Crippen molar-refractivity contribution < 1.29 is 19.1 Å². The number of hydrogen-bond acceptors (Lipinski definition) is 6. The Labute approximate surface area is 131 Å². The van der Waals surface area contributed by atoms with E-state index < -0.39 is 17.5 Å². The van der Waals surface area contributed by atoms with Crippen molar-refractivity contribution in [1.29, 1.82) is 0 Å². The van der Waals surface area contributed by atoms with E-state index in [0.29, 0.717) is 19.4 Å². The van der Waals surface area contributed by atoms with Crippen LogP contribution >= 0.6 is 0 Å². The van der Waals surface area contributed by atoms with Gasteiger partial charge in [0.1, 0.15) is 0 Å². The number of piperidine rings is 1. The zero-order valence-corrected chi connectivity index (χ0v) is 13.5. The third-order valence-electron chi connectivity index (χ3n) is 3.65. The number of carbonyl (C=O) groups excluding carboxylic acids is 2. The van der Waals surface area contributed by atoms with Gasteiger partial charge in [-0.2, -0.15) is 0 Å². The Morgan fingerprint density at radius 1 is 1.32 bits per heavy atom. The van der Waals surface area contributed by atoms with Crippen LogP contribution in [0.3, 0.4) is 0 Å². The quantitative estimate of drug-likeness (QED) is 0.424. The maximum atomic E-state index is 12.4. The molecule has 1 aliphatic rings. The molecule has 0 radical (unpaired) electrons. The number of esters is 2. The molecule has 1 rings (SSSR count). The van der Waals surface area contributed by atoms with Gasteiger partial charge >= 0.3 is 11.9 Å². The molecule has 0 aliphatic carbocycles. The van der Waals surface area contributed by atoms with Crippen LogP contribution in [0.25, 0.3) is 0 Å². The highest BCUT2D eigenvalue weighted by atomic mass is 16.6. The predicted octanol–water partition coefficient (Wildman–Crippen LogP) is 1.72. The molecule has 122 valence electrons. The molecule has 0 aromatic heterocycles. The average molecular weight is 308 g/mol. The summed E-state index contributed by atoms with van der Waals surface area (Å²) in [5, 5.41) is 0. The highest BCUT2D eigenvalue weighted by Gasteiger charge is 2.53. The standard InChI is InChI=1S/C16H24N2O4/c1-5-21-14(19)16(15(20)22-6-2)10-9-13(12-18(16)4)8-7-11-17-3/h7-8,11H,3,5-6,9-10,12H2,1-2,4H3/b11-7-,13-8+. The Morgan fingerprint density at radius 3 is 2.36 bits per heavy atom. The fraction of sp³-hybridized carbons (Fsp3) is 0.562. The minimum atomic E-state index is -1.36. The summed E-state index contributed by atoms with van der Waals surface area (Å²) >= 11 is 0. The van der Waals surface area contributed by atoms with Crippen molar-refractivity contribution in [3.8, 4) is 0 Å². The number of likely N-dealkylation sites (N-methyl/N-ethyl adjacent to an activating group) is 1. The second kappa shape index (κ2) is 8.48. The molecule has 0 bridgehead atoms. The maximum Gasteiger partial charge on any atom is 0.338 e.